The molecule has 0 spiro atoms. The summed E-state index contributed by atoms with van der Waals surface area (Å²) < 4.78 is 0. The Hall–Kier alpha value is -8.00. The molecule has 1 nitrogen and oxygen atoms in total. The van der Waals surface area contributed by atoms with Gasteiger partial charge in [-0.25, -0.2) is 0 Å². The fraction of sp³-hybridized carbons (Fsp3) is 0.189. The number of rotatable bonds is 8. The highest BCUT2D eigenvalue weighted by molar-refractivity contribution is 5.96. The minimum Gasteiger partial charge on any atom is -0.310 e. The lowest BCUT2D eigenvalue weighted by Gasteiger charge is -2.39. The summed E-state index contributed by atoms with van der Waals surface area (Å²) in [5.41, 5.74) is 23.7. The second-order valence-corrected chi connectivity index (χ2v) is 24.1. The van der Waals surface area contributed by atoms with E-state index in [2.05, 4.69) is 310 Å². The first-order chi connectivity index (χ1) is 36.1. The average molecular weight is 970 g/mol. The Balaban J connectivity index is 1.17. The van der Waals surface area contributed by atoms with Crippen LogP contribution in [0.4, 0.5) is 17.1 Å². The summed E-state index contributed by atoms with van der Waals surface area (Å²) in [5, 5.41) is 0. The third-order valence-electron chi connectivity index (χ3n) is 16.6. The van der Waals surface area contributed by atoms with Crippen LogP contribution in [0.3, 0.4) is 0 Å². The van der Waals surface area contributed by atoms with E-state index in [0.717, 1.165) is 17.1 Å². The van der Waals surface area contributed by atoms with Gasteiger partial charge in [0.25, 0.3) is 0 Å². The molecule has 0 saturated heterocycles. The van der Waals surface area contributed by atoms with Gasteiger partial charge in [-0.15, -0.1) is 0 Å². The number of anilines is 3. The Morgan fingerprint density at radius 3 is 1.19 bits per heavy atom. The molecule has 2 aliphatic rings. The van der Waals surface area contributed by atoms with Gasteiger partial charge in [-0.2, -0.15) is 0 Å². The molecule has 0 heterocycles. The molecule has 10 aromatic rings. The maximum atomic E-state index is 2.57. The Morgan fingerprint density at radius 2 is 0.667 bits per heavy atom. The first kappa shape index (κ1) is 48.0. The molecule has 0 bridgehead atoms. The summed E-state index contributed by atoms with van der Waals surface area (Å²) in [4.78, 5) is 2.57. The lowest BCUT2D eigenvalue weighted by atomic mass is 9.66. The van der Waals surface area contributed by atoms with Crippen molar-refractivity contribution in [2.45, 2.75) is 89.4 Å². The average Bonchev–Trinajstić information content (AvgIpc) is 3.95. The van der Waals surface area contributed by atoms with Gasteiger partial charge in [0.2, 0.25) is 0 Å². The van der Waals surface area contributed by atoms with Crippen molar-refractivity contribution >= 4 is 17.1 Å². The summed E-state index contributed by atoms with van der Waals surface area (Å²) in [6.07, 6.45) is 0. The number of hydrogen-bond donors (Lipinski definition) is 0. The Kier molecular flexibility index (Phi) is 11.4. The van der Waals surface area contributed by atoms with E-state index >= 15 is 0 Å². The zero-order valence-electron chi connectivity index (χ0n) is 45.0. The molecular weight excluding hydrogens is 903 g/mol. The smallest absolute Gasteiger partial charge is 0.0734 e. The molecule has 0 amide bonds. The molecule has 368 valence electrons. The van der Waals surface area contributed by atoms with Gasteiger partial charge in [0.15, 0.2) is 0 Å². The third-order valence-corrected chi connectivity index (χ3v) is 16.6. The molecule has 12 rings (SSSR count). The van der Waals surface area contributed by atoms with E-state index < -0.39 is 10.8 Å². The molecule has 0 saturated carbocycles. The fourth-order valence-electron chi connectivity index (χ4n) is 12.7. The van der Waals surface area contributed by atoms with Crippen LogP contribution in [0.2, 0.25) is 0 Å². The molecule has 0 aliphatic heterocycles. The molecule has 2 aliphatic carbocycles. The molecule has 0 N–H and O–H groups in total. The lowest BCUT2D eigenvalue weighted by Crippen LogP contribution is -2.31. The van der Waals surface area contributed by atoms with Crippen molar-refractivity contribution in [3.63, 3.8) is 0 Å². The van der Waals surface area contributed by atoms with Gasteiger partial charge in [-0.3, -0.25) is 0 Å². The zero-order chi connectivity index (χ0) is 51.9. The maximum absolute atomic E-state index is 2.57. The minimum atomic E-state index is -0.650. The Bertz CT molecular complexity index is 3650. The quantitative estimate of drug-likeness (QED) is 0.147. The largest absolute Gasteiger partial charge is 0.310 e. The van der Waals surface area contributed by atoms with Crippen molar-refractivity contribution in [2.24, 2.45) is 0 Å². The van der Waals surface area contributed by atoms with Gasteiger partial charge in [0.05, 0.1) is 16.5 Å². The monoisotopic (exact) mass is 970 g/mol. The molecule has 1 atom stereocenters. The number of nitrogens with zero attached hydrogens (tertiary/aromatic N) is 1. The standard InChI is InChI=1S/C74H67N/c1-70(2,3)52-33-39-56(40-34-52)73(57-41-35-53(36-42-57)71(4,5)6)65-28-18-16-25-61(65)63-48-47-60(49-67(63)73)75(59-45-31-51(32-46-59)50-21-12-10-13-22-50)68-30-20-27-64-62-26-17-19-29-66(62)74(69(64)68,55-23-14-11-15-24-55)58-43-37-54(38-44-58)72(7,8)9/h10-49H,1-9H3. The van der Waals surface area contributed by atoms with E-state index in [4.69, 9.17) is 0 Å². The van der Waals surface area contributed by atoms with E-state index in [1.165, 1.54) is 94.6 Å². The predicted molar refractivity (Wildman–Crippen MR) is 317 cm³/mol. The predicted octanol–water partition coefficient (Wildman–Crippen LogP) is 19.4. The first-order valence-electron chi connectivity index (χ1n) is 26.9. The third kappa shape index (κ3) is 7.73. The Morgan fingerprint density at radius 1 is 0.280 bits per heavy atom. The summed E-state index contributed by atoms with van der Waals surface area (Å²) in [6, 6.07) is 92.6. The highest BCUT2D eigenvalue weighted by atomic mass is 15.1. The van der Waals surface area contributed by atoms with Crippen LogP contribution in [0.15, 0.2) is 243 Å². The SMILES string of the molecule is CC(C)(C)c1ccc(C2(c3ccc(C(C)(C)C)cc3)c3ccccc3-c3ccc(N(c4ccc(-c5ccccc5)cc4)c4cccc5c4C(c4ccccc4)(c4ccc(C(C)(C)C)cc4)c4ccccc4-5)cc32)cc1. The van der Waals surface area contributed by atoms with Crippen LogP contribution in [-0.4, -0.2) is 0 Å². The van der Waals surface area contributed by atoms with E-state index in [0.29, 0.717) is 0 Å². The van der Waals surface area contributed by atoms with Crippen molar-refractivity contribution in [1.29, 1.82) is 0 Å². The molecule has 0 aromatic heterocycles. The van der Waals surface area contributed by atoms with Crippen molar-refractivity contribution in [3.8, 4) is 33.4 Å². The zero-order valence-corrected chi connectivity index (χ0v) is 45.0. The van der Waals surface area contributed by atoms with Gasteiger partial charge in [0.1, 0.15) is 0 Å². The summed E-state index contributed by atoms with van der Waals surface area (Å²) in [6.45, 7) is 20.8. The van der Waals surface area contributed by atoms with Crippen LogP contribution >= 0.6 is 0 Å². The molecule has 0 fully saturated rings. The highest BCUT2D eigenvalue weighted by Gasteiger charge is 2.50. The van der Waals surface area contributed by atoms with Gasteiger partial charge in [-0.05, 0) is 136 Å². The van der Waals surface area contributed by atoms with Crippen LogP contribution < -0.4 is 4.90 Å². The topological polar surface area (TPSA) is 3.24 Å². The molecular formula is C74H67N. The summed E-state index contributed by atoms with van der Waals surface area (Å²) in [5.74, 6) is 0. The van der Waals surface area contributed by atoms with E-state index in [-0.39, 0.29) is 16.2 Å². The van der Waals surface area contributed by atoms with Crippen LogP contribution in [0.25, 0.3) is 33.4 Å². The van der Waals surface area contributed by atoms with Crippen molar-refractivity contribution in [1.82, 2.24) is 0 Å². The minimum absolute atomic E-state index is 0.00348. The molecule has 10 aromatic carbocycles. The number of benzene rings is 10. The molecule has 1 unspecified atom stereocenters. The fourth-order valence-corrected chi connectivity index (χ4v) is 12.7. The number of fused-ring (bicyclic) bond motifs is 6. The Labute approximate surface area is 446 Å². The van der Waals surface area contributed by atoms with E-state index in [1.54, 1.807) is 0 Å². The lowest BCUT2D eigenvalue weighted by molar-refractivity contribution is 0.588. The van der Waals surface area contributed by atoms with Gasteiger partial charge < -0.3 is 4.90 Å². The van der Waals surface area contributed by atoms with E-state index in [1.807, 2.05) is 0 Å². The second-order valence-electron chi connectivity index (χ2n) is 24.1. The highest BCUT2D eigenvalue weighted by Crippen LogP contribution is 2.62. The van der Waals surface area contributed by atoms with Gasteiger partial charge >= 0.3 is 0 Å². The van der Waals surface area contributed by atoms with E-state index in [9.17, 15) is 0 Å². The van der Waals surface area contributed by atoms with Crippen LogP contribution in [0.1, 0.15) is 124 Å². The normalized spacial score (nSPS) is 15.4. The molecule has 1 heteroatoms. The van der Waals surface area contributed by atoms with Crippen LogP contribution in [0, 0.1) is 0 Å². The molecule has 75 heavy (non-hydrogen) atoms. The summed E-state index contributed by atoms with van der Waals surface area (Å²) >= 11 is 0. The van der Waals surface area contributed by atoms with Crippen LogP contribution in [0.5, 0.6) is 0 Å². The summed E-state index contributed by atoms with van der Waals surface area (Å²) in [7, 11) is 0. The van der Waals surface area contributed by atoms with Gasteiger partial charge in [0, 0.05) is 16.9 Å². The van der Waals surface area contributed by atoms with Crippen molar-refractivity contribution in [3.05, 3.63) is 304 Å². The van der Waals surface area contributed by atoms with Gasteiger partial charge in [-0.1, -0.05) is 275 Å². The number of hydrogen-bond acceptors (Lipinski definition) is 1. The second kappa shape index (κ2) is 17.8. The first-order valence-corrected chi connectivity index (χ1v) is 26.9. The maximum Gasteiger partial charge on any atom is 0.0734 e. The van der Waals surface area contributed by atoms with Crippen molar-refractivity contribution < 1.29 is 0 Å². The molecule has 0 radical (unpaired) electrons. The van der Waals surface area contributed by atoms with Crippen LogP contribution in [-0.2, 0) is 27.1 Å². The van der Waals surface area contributed by atoms with Crippen molar-refractivity contribution in [2.75, 3.05) is 4.90 Å².